The number of ketones is 1. The molecular weight excluding hydrogens is 438 g/mol. The van der Waals surface area contributed by atoms with E-state index in [-0.39, 0.29) is 17.3 Å². The van der Waals surface area contributed by atoms with Crippen LogP contribution in [0.1, 0.15) is 53.9 Å². The summed E-state index contributed by atoms with van der Waals surface area (Å²) in [5.74, 6) is -1.17. The molecule has 1 atom stereocenters. The molecule has 0 aromatic heterocycles. The summed E-state index contributed by atoms with van der Waals surface area (Å²) in [6.07, 6.45) is -1.08. The van der Waals surface area contributed by atoms with Crippen LogP contribution < -0.4 is 5.32 Å². The molecule has 0 aliphatic heterocycles. The molecule has 0 bridgehead atoms. The van der Waals surface area contributed by atoms with Crippen LogP contribution in [0.3, 0.4) is 0 Å². The second kappa shape index (κ2) is 10.6. The van der Waals surface area contributed by atoms with Crippen LogP contribution in [0.5, 0.6) is 0 Å². The first-order valence-corrected chi connectivity index (χ1v) is 11.3. The van der Waals surface area contributed by atoms with E-state index in [1.807, 2.05) is 44.2 Å². The third-order valence-corrected chi connectivity index (χ3v) is 5.59. The van der Waals surface area contributed by atoms with Gasteiger partial charge < -0.3 is 10.1 Å². The Balaban J connectivity index is 1.49. The van der Waals surface area contributed by atoms with Crippen molar-refractivity contribution >= 4 is 23.3 Å². The second-order valence-electron chi connectivity index (χ2n) is 8.32. The van der Waals surface area contributed by atoms with Crippen molar-refractivity contribution in [3.63, 3.8) is 0 Å². The molecule has 0 saturated carbocycles. The molecule has 1 N–H and O–H groups in total. The SMILES string of the molecule is Cc1ccc(C(=O)Nc2ccc(C(=O)O[C@@H](C(=O)c3ccc(C)cc3)c3ccccc3)cc2)cc1. The summed E-state index contributed by atoms with van der Waals surface area (Å²) in [6, 6.07) is 29.7. The van der Waals surface area contributed by atoms with Crippen molar-refractivity contribution in [2.24, 2.45) is 0 Å². The number of Topliss-reactive ketones (excluding diaryl/α,β-unsaturated/α-hetero) is 1. The molecule has 4 aromatic carbocycles. The molecule has 4 aromatic rings. The number of hydrogen-bond donors (Lipinski definition) is 1. The number of benzene rings is 4. The van der Waals surface area contributed by atoms with E-state index in [0.29, 0.717) is 22.4 Å². The molecule has 0 saturated heterocycles. The van der Waals surface area contributed by atoms with Crippen LogP contribution in [0.2, 0.25) is 0 Å². The summed E-state index contributed by atoms with van der Waals surface area (Å²) < 4.78 is 5.69. The normalized spacial score (nSPS) is 11.4. The Kier molecular flexibility index (Phi) is 7.17. The van der Waals surface area contributed by atoms with Gasteiger partial charge in [0.1, 0.15) is 0 Å². The van der Waals surface area contributed by atoms with Crippen molar-refractivity contribution in [2.75, 3.05) is 5.32 Å². The quantitative estimate of drug-likeness (QED) is 0.257. The van der Waals surface area contributed by atoms with Gasteiger partial charge >= 0.3 is 5.97 Å². The third kappa shape index (κ3) is 5.89. The van der Waals surface area contributed by atoms with Gasteiger partial charge in [-0.2, -0.15) is 0 Å². The average molecular weight is 464 g/mol. The number of ether oxygens (including phenoxy) is 1. The minimum atomic E-state index is -1.08. The highest BCUT2D eigenvalue weighted by atomic mass is 16.5. The average Bonchev–Trinajstić information content (AvgIpc) is 2.88. The summed E-state index contributed by atoms with van der Waals surface area (Å²) in [4.78, 5) is 38.6. The van der Waals surface area contributed by atoms with Crippen LogP contribution >= 0.6 is 0 Å². The van der Waals surface area contributed by atoms with Crippen LogP contribution in [0.4, 0.5) is 5.69 Å². The number of nitrogens with one attached hydrogen (secondary N) is 1. The minimum Gasteiger partial charge on any atom is -0.445 e. The standard InChI is InChI=1S/C30H25NO4/c1-20-8-12-22(13-9-20)27(32)28(23-6-4-3-5-7-23)35-30(34)25-16-18-26(19-17-25)31-29(33)24-14-10-21(2)11-15-24/h3-19,28H,1-2H3,(H,31,33)/t28-/m1/s1. The van der Waals surface area contributed by atoms with Crippen molar-refractivity contribution in [3.8, 4) is 0 Å². The van der Waals surface area contributed by atoms with Crippen molar-refractivity contribution in [2.45, 2.75) is 20.0 Å². The zero-order valence-corrected chi connectivity index (χ0v) is 19.5. The summed E-state index contributed by atoms with van der Waals surface area (Å²) in [6.45, 7) is 3.89. The zero-order chi connectivity index (χ0) is 24.8. The number of esters is 1. The highest BCUT2D eigenvalue weighted by molar-refractivity contribution is 6.05. The molecule has 0 unspecified atom stereocenters. The maximum Gasteiger partial charge on any atom is 0.339 e. The highest BCUT2D eigenvalue weighted by Gasteiger charge is 2.26. The van der Waals surface area contributed by atoms with E-state index < -0.39 is 12.1 Å². The molecular formula is C30H25NO4. The number of rotatable bonds is 7. The lowest BCUT2D eigenvalue weighted by atomic mass is 9.99. The first-order chi connectivity index (χ1) is 16.9. The van der Waals surface area contributed by atoms with Crippen LogP contribution in [0.15, 0.2) is 103 Å². The molecule has 5 nitrogen and oxygen atoms in total. The number of aryl methyl sites for hydroxylation is 2. The summed E-state index contributed by atoms with van der Waals surface area (Å²) in [5.41, 5.74) is 4.51. The Bertz CT molecular complexity index is 1330. The van der Waals surface area contributed by atoms with Crippen molar-refractivity contribution in [3.05, 3.63) is 137 Å². The Morgan fingerprint density at radius 3 is 1.71 bits per heavy atom. The summed E-state index contributed by atoms with van der Waals surface area (Å²) in [5, 5.41) is 2.81. The highest BCUT2D eigenvalue weighted by Crippen LogP contribution is 2.25. The second-order valence-corrected chi connectivity index (χ2v) is 8.32. The predicted octanol–water partition coefficient (Wildman–Crippen LogP) is 6.34. The van der Waals surface area contributed by atoms with E-state index in [1.165, 1.54) is 0 Å². The molecule has 0 radical (unpaired) electrons. The van der Waals surface area contributed by atoms with Crippen LogP contribution in [-0.4, -0.2) is 17.7 Å². The Morgan fingerprint density at radius 1 is 0.629 bits per heavy atom. The molecule has 174 valence electrons. The number of amides is 1. The van der Waals surface area contributed by atoms with Crippen LogP contribution in [0, 0.1) is 13.8 Å². The molecule has 0 spiro atoms. The summed E-state index contributed by atoms with van der Waals surface area (Å²) in [7, 11) is 0. The van der Waals surface area contributed by atoms with E-state index in [2.05, 4.69) is 5.32 Å². The first kappa shape index (κ1) is 23.6. The van der Waals surface area contributed by atoms with Gasteiger partial charge in [0.15, 0.2) is 6.10 Å². The fourth-order valence-corrected chi connectivity index (χ4v) is 3.54. The van der Waals surface area contributed by atoms with Gasteiger partial charge in [0.25, 0.3) is 5.91 Å². The number of carbonyl (C=O) groups is 3. The predicted molar refractivity (Wildman–Crippen MR) is 136 cm³/mol. The van der Waals surface area contributed by atoms with E-state index >= 15 is 0 Å². The first-order valence-electron chi connectivity index (χ1n) is 11.3. The molecule has 4 rings (SSSR count). The van der Waals surface area contributed by atoms with Gasteiger partial charge in [0.2, 0.25) is 5.78 Å². The number of anilines is 1. The minimum absolute atomic E-state index is 0.242. The maximum atomic E-state index is 13.2. The monoisotopic (exact) mass is 463 g/mol. The van der Waals surface area contributed by atoms with E-state index in [9.17, 15) is 14.4 Å². The fourth-order valence-electron chi connectivity index (χ4n) is 3.54. The Labute approximate surface area is 204 Å². The zero-order valence-electron chi connectivity index (χ0n) is 19.5. The maximum absolute atomic E-state index is 13.2. The smallest absolute Gasteiger partial charge is 0.339 e. The van der Waals surface area contributed by atoms with Gasteiger partial charge in [0, 0.05) is 22.4 Å². The Hall–Kier alpha value is -4.51. The number of carbonyl (C=O) groups excluding carboxylic acids is 3. The van der Waals surface area contributed by atoms with Crippen molar-refractivity contribution < 1.29 is 19.1 Å². The van der Waals surface area contributed by atoms with E-state index in [1.54, 1.807) is 72.8 Å². The lowest BCUT2D eigenvalue weighted by Crippen LogP contribution is -2.20. The van der Waals surface area contributed by atoms with E-state index in [4.69, 9.17) is 4.74 Å². The largest absolute Gasteiger partial charge is 0.445 e. The Morgan fingerprint density at radius 2 is 1.14 bits per heavy atom. The lowest BCUT2D eigenvalue weighted by molar-refractivity contribution is 0.0280. The van der Waals surface area contributed by atoms with Crippen LogP contribution in [0.25, 0.3) is 0 Å². The van der Waals surface area contributed by atoms with Gasteiger partial charge in [-0.15, -0.1) is 0 Å². The van der Waals surface area contributed by atoms with Crippen molar-refractivity contribution in [1.29, 1.82) is 0 Å². The third-order valence-electron chi connectivity index (χ3n) is 5.59. The van der Waals surface area contributed by atoms with Gasteiger partial charge in [-0.3, -0.25) is 9.59 Å². The topological polar surface area (TPSA) is 72.5 Å². The van der Waals surface area contributed by atoms with Crippen LogP contribution in [-0.2, 0) is 4.74 Å². The fraction of sp³-hybridized carbons (Fsp3) is 0.100. The molecule has 1 amide bonds. The summed E-state index contributed by atoms with van der Waals surface area (Å²) >= 11 is 0. The molecule has 0 heterocycles. The van der Waals surface area contributed by atoms with Gasteiger partial charge in [0.05, 0.1) is 5.56 Å². The molecule has 0 fully saturated rings. The molecule has 0 aliphatic rings. The molecule has 5 heteroatoms. The van der Waals surface area contributed by atoms with E-state index in [0.717, 1.165) is 11.1 Å². The van der Waals surface area contributed by atoms with Gasteiger partial charge in [-0.05, 0) is 50.2 Å². The van der Waals surface area contributed by atoms with Crippen molar-refractivity contribution in [1.82, 2.24) is 0 Å². The van der Waals surface area contributed by atoms with Gasteiger partial charge in [-0.1, -0.05) is 77.9 Å². The lowest BCUT2D eigenvalue weighted by Gasteiger charge is -2.18. The molecule has 35 heavy (non-hydrogen) atoms. The van der Waals surface area contributed by atoms with Gasteiger partial charge in [-0.25, -0.2) is 4.79 Å². The number of hydrogen-bond acceptors (Lipinski definition) is 4. The molecule has 0 aliphatic carbocycles.